The fourth-order valence-electron chi connectivity index (χ4n) is 9.14. The van der Waals surface area contributed by atoms with Gasteiger partial charge in [0.15, 0.2) is 35.5 Å². The maximum atomic E-state index is 13.5. The van der Waals surface area contributed by atoms with Crippen molar-refractivity contribution in [3.63, 3.8) is 0 Å². The Morgan fingerprint density at radius 1 is 0.461 bits per heavy atom. The number of hydrogen-bond donors (Lipinski definition) is 16. The molecule has 0 bridgehead atoms. The molecule has 1 unspecified atom stereocenters. The Labute approximate surface area is 610 Å². The summed E-state index contributed by atoms with van der Waals surface area (Å²) in [5, 5.41) is -0.0818. The van der Waals surface area contributed by atoms with Crippen molar-refractivity contribution in [2.24, 2.45) is 30.0 Å². The Kier molecular flexibility index (Phi) is 21.7. The van der Waals surface area contributed by atoms with Gasteiger partial charge in [-0.05, 0) is 96.0 Å². The molecule has 0 saturated carbocycles. The zero-order chi connectivity index (χ0) is 73.1. The monoisotopic (exact) mass is 1650 g/mol. The van der Waals surface area contributed by atoms with Gasteiger partial charge in [-0.3, -0.25) is 41.8 Å². The third-order valence-corrected chi connectivity index (χ3v) is 21.5. The van der Waals surface area contributed by atoms with Gasteiger partial charge >= 0.3 is 37.2 Å². The quantitative estimate of drug-likeness (QED) is 0.0357. The molecule has 532 valence electrons. The standard InChI is InChI=1S/C48H32Cl4N14O26P2S6.H3N.Na/c49-35-38-41(92-39-21(57-38)7-8-22(42(39)100(88,89)90)55-25-12-32(97(79,80)81)27(14-30(25)95(73,74)75)59-47-63-43(51)61-45(65-47)53-17-3-1-5-19(9-17)93(67,68)69)36(50)37-40(35)91-29-16-34(99(85,86)87)24(11-23(29)58-37)56-26-13-33(98(82,83)84)28(15-31(26)96(76,77)78)60-48-64-44(52)62-46(66-48)54-18-4-2-6-20(10-18)94(70,71)72;;/h1-16,55-56H,(H2,67,68,69)(H2,70,71,72)(H,73,74,75)(H,76,77,78)(H,79,80,81)(H,82,83,84)(H,85,86,87)(H,88,89,90)(H2,53,59,61,63,65)(H2,54,60,62,64,66);1H3;/q;;+1/p-1. The van der Waals surface area contributed by atoms with E-state index in [2.05, 4.69) is 70.5 Å². The molecule has 18 N–H and O–H groups in total. The molecule has 0 radical (unpaired) electrons. The van der Waals surface area contributed by atoms with Gasteiger partial charge in [-0.25, -0.2) is 30.0 Å². The number of ether oxygens (including phenoxy) is 2. The number of hydrogen-bond acceptors (Lipinski definition) is 28. The Morgan fingerprint density at radius 3 is 1.31 bits per heavy atom. The molecule has 0 spiro atoms. The minimum atomic E-state index is -5.72. The van der Waals surface area contributed by atoms with Crippen molar-refractivity contribution in [2.75, 3.05) is 10.6 Å². The SMILES string of the molecule is N.O=P([O-])(O)c1cccc(N=c2nc(Cl)[nH]c(=Nc3cc(S(=O)(=O)O)c(Nc4ccc5c(c4S(=O)(=O)O)Oc4c(Cl)c6c(c(Cl)c4=N5)Oc4cc(S(=O)(=O)O)c(Nc5cc(S(=O)(=O)O)c(N=c7[nH]c(Cl)nc(=Nc8cccc(P(=O)(O)O)c8)[nH]7)cc5S(=O)(=O)O)cc4N=6)cc3S(=O)(=O)O)[nH]2)c1.[Na+]. The normalized spacial score (nSPS) is 14.4. The maximum absolute atomic E-state index is 13.5. The molecule has 2 aliphatic heterocycles. The van der Waals surface area contributed by atoms with Crippen LogP contribution in [0.3, 0.4) is 0 Å². The molecule has 0 amide bonds. The van der Waals surface area contributed by atoms with Crippen molar-refractivity contribution in [1.29, 1.82) is 0 Å². The molecule has 1 atom stereocenters. The third-order valence-electron chi connectivity index (χ3n) is 13.2. The number of halogens is 4. The molecular weight excluding hydrogens is 1620 g/mol. The van der Waals surface area contributed by atoms with E-state index in [1.165, 1.54) is 24.3 Å². The van der Waals surface area contributed by atoms with E-state index < -0.39 is 238 Å². The van der Waals surface area contributed by atoms with Crippen molar-refractivity contribution >= 4 is 190 Å². The molecule has 54 heteroatoms. The number of H-pyrrole nitrogens is 4. The summed E-state index contributed by atoms with van der Waals surface area (Å²) in [5.74, 6) is -2.87. The summed E-state index contributed by atoms with van der Waals surface area (Å²) >= 11 is 25.9. The van der Waals surface area contributed by atoms with Crippen molar-refractivity contribution in [1.82, 2.24) is 36.1 Å². The average molecular weight is 1660 g/mol. The van der Waals surface area contributed by atoms with Gasteiger partial charge < -0.3 is 60.4 Å². The van der Waals surface area contributed by atoms with Crippen molar-refractivity contribution in [3.05, 3.63) is 151 Å². The fourth-order valence-corrected chi connectivity index (χ4v) is 15.1. The Hall–Kier alpha value is -7.56. The van der Waals surface area contributed by atoms with Gasteiger partial charge in [0, 0.05) is 11.4 Å². The molecule has 0 saturated heterocycles. The van der Waals surface area contributed by atoms with Gasteiger partial charge in [0.25, 0.3) is 60.7 Å². The molecule has 4 heterocycles. The van der Waals surface area contributed by atoms with Gasteiger partial charge in [0.2, 0.25) is 33.0 Å². The summed E-state index contributed by atoms with van der Waals surface area (Å²) in [6, 6.07) is 13.3. The van der Waals surface area contributed by atoms with Gasteiger partial charge in [-0.1, -0.05) is 41.4 Å². The average Bonchev–Trinajstić information content (AvgIpc) is 0.727. The minimum Gasteiger partial charge on any atom is -0.775 e. The van der Waals surface area contributed by atoms with Gasteiger partial charge in [0.05, 0.1) is 50.8 Å². The van der Waals surface area contributed by atoms with Crippen molar-refractivity contribution in [3.8, 4) is 23.0 Å². The molecule has 102 heavy (non-hydrogen) atoms. The molecular formula is C48H34Cl4N15NaO26P2S6. The van der Waals surface area contributed by atoms with E-state index >= 15 is 0 Å². The van der Waals surface area contributed by atoms with E-state index in [1.54, 1.807) is 0 Å². The molecule has 0 aliphatic carbocycles. The second-order valence-electron chi connectivity index (χ2n) is 20.0. The number of nitrogens with one attached hydrogen (secondary N) is 6. The molecule has 9 aromatic rings. The van der Waals surface area contributed by atoms with Crippen LogP contribution in [-0.4, -0.2) is 122 Å². The van der Waals surface area contributed by atoms with E-state index in [9.17, 15) is 107 Å². The summed E-state index contributed by atoms with van der Waals surface area (Å²) in [6.45, 7) is 0. The smallest absolute Gasteiger partial charge is 0.775 e. The van der Waals surface area contributed by atoms with Crippen LogP contribution in [0.2, 0.25) is 20.6 Å². The van der Waals surface area contributed by atoms with Crippen LogP contribution in [0.1, 0.15) is 0 Å². The number of aromatic amines is 4. The first kappa shape index (κ1) is 78.6. The third kappa shape index (κ3) is 17.0. The predicted molar refractivity (Wildman–Crippen MR) is 345 cm³/mol. The number of fused-ring (bicyclic) bond motifs is 4. The van der Waals surface area contributed by atoms with Crippen LogP contribution in [-0.2, 0) is 69.8 Å². The number of nitrogens with zero attached hydrogens (tertiary/aromatic N) is 8. The van der Waals surface area contributed by atoms with Crippen molar-refractivity contribution < 1.29 is 146 Å². The first-order valence-corrected chi connectivity index (χ1v) is 39.2. The van der Waals surface area contributed by atoms with E-state index in [1.807, 2.05) is 0 Å². The van der Waals surface area contributed by atoms with E-state index in [4.69, 9.17) is 55.9 Å². The maximum Gasteiger partial charge on any atom is 1.00 e. The molecule has 2 aromatic heterocycles. The summed E-state index contributed by atoms with van der Waals surface area (Å²) < 4.78 is 256. The van der Waals surface area contributed by atoms with Gasteiger partial charge in [-0.2, -0.15) is 60.5 Å². The number of rotatable bonds is 16. The molecule has 0 fully saturated rings. The van der Waals surface area contributed by atoms with Gasteiger partial charge in [0.1, 0.15) is 56.6 Å². The second-order valence-corrected chi connectivity index (χ2v) is 32.9. The molecule has 2 aliphatic rings. The zero-order valence-corrected chi connectivity index (χ0v) is 61.1. The largest absolute Gasteiger partial charge is 1.00 e. The molecule has 41 nitrogen and oxygen atoms in total. The number of benzene rings is 7. The Morgan fingerprint density at radius 2 is 0.873 bits per heavy atom. The minimum absolute atomic E-state index is 0. The summed E-state index contributed by atoms with van der Waals surface area (Å²) in [7, 11) is -43.5. The van der Waals surface area contributed by atoms with Crippen molar-refractivity contribution in [2.45, 2.75) is 29.4 Å². The van der Waals surface area contributed by atoms with Crippen LogP contribution in [0.4, 0.5) is 56.9 Å². The number of anilines is 4. The van der Waals surface area contributed by atoms with Crippen LogP contribution < -0.4 is 105 Å². The number of aromatic nitrogens is 6. The predicted octanol–water partition coefficient (Wildman–Crippen LogP) is 0.554. The van der Waals surface area contributed by atoms with Crippen LogP contribution in [0.15, 0.2) is 156 Å². The molecule has 11 rings (SSSR count). The first-order valence-electron chi connectivity index (χ1n) is 25.8. The summed E-state index contributed by atoms with van der Waals surface area (Å²) in [5.41, 5.74) is -9.59. The molecule has 7 aromatic carbocycles. The van der Waals surface area contributed by atoms with Crippen LogP contribution in [0.25, 0.3) is 0 Å². The first-order chi connectivity index (χ1) is 46.2. The van der Waals surface area contributed by atoms with E-state index in [0.717, 1.165) is 36.4 Å². The topological polar surface area (TPSA) is 685 Å². The summed E-state index contributed by atoms with van der Waals surface area (Å²) in [4.78, 5) is 74.4. The van der Waals surface area contributed by atoms with Crippen LogP contribution in [0, 0.1) is 0 Å². The second kappa shape index (κ2) is 28.1. The fraction of sp³-hybridized carbons (Fsp3) is 0. The van der Waals surface area contributed by atoms with Gasteiger partial charge in [-0.15, -0.1) is 0 Å². The van der Waals surface area contributed by atoms with Crippen LogP contribution >= 0.6 is 61.6 Å². The Bertz CT molecular complexity index is 6470. The Balaban J connectivity index is 0.00000605. The zero-order valence-electron chi connectivity index (χ0n) is 49.3. The summed E-state index contributed by atoms with van der Waals surface area (Å²) in [6.07, 6.45) is 0. The van der Waals surface area contributed by atoms with Crippen LogP contribution in [0.5, 0.6) is 23.0 Å². The van der Waals surface area contributed by atoms with E-state index in [0.29, 0.717) is 36.4 Å². The van der Waals surface area contributed by atoms with E-state index in [-0.39, 0.29) is 47.1 Å².